The maximum Gasteiger partial charge on any atom is 0.314 e. The van der Waals surface area contributed by atoms with E-state index in [9.17, 15) is 9.18 Å². The molecule has 4 atom stereocenters. The summed E-state index contributed by atoms with van der Waals surface area (Å²) >= 11 is 0. The van der Waals surface area contributed by atoms with E-state index in [1.54, 1.807) is 12.1 Å². The van der Waals surface area contributed by atoms with E-state index in [1.807, 2.05) is 19.1 Å². The van der Waals surface area contributed by atoms with Crippen molar-refractivity contribution in [3.05, 3.63) is 53.9 Å². The summed E-state index contributed by atoms with van der Waals surface area (Å²) in [4.78, 5) is 12.8. The van der Waals surface area contributed by atoms with Crippen LogP contribution in [0.15, 0.2) is 42.5 Å². The van der Waals surface area contributed by atoms with Gasteiger partial charge in [-0.1, -0.05) is 36.8 Å². The van der Waals surface area contributed by atoms with Crippen molar-refractivity contribution < 1.29 is 13.9 Å². The number of esters is 1. The van der Waals surface area contributed by atoms with Crippen LogP contribution in [0.4, 0.5) is 4.39 Å². The molecule has 1 aromatic rings. The molecule has 0 spiro atoms. The Hall–Kier alpha value is -1.90. The number of benzene rings is 1. The highest BCUT2D eigenvalue weighted by molar-refractivity contribution is 5.75. The van der Waals surface area contributed by atoms with Crippen molar-refractivity contribution in [1.29, 1.82) is 0 Å². The third-order valence-corrected chi connectivity index (χ3v) is 9.57. The summed E-state index contributed by atoms with van der Waals surface area (Å²) in [5.74, 6) is 4.33. The van der Waals surface area contributed by atoms with Crippen LogP contribution in [0, 0.1) is 41.3 Å². The number of fused-ring (bicyclic) bond motifs is 1. The molecule has 3 aliphatic rings. The van der Waals surface area contributed by atoms with Crippen molar-refractivity contribution in [2.24, 2.45) is 35.5 Å². The fourth-order valence-corrected chi connectivity index (χ4v) is 7.44. The topological polar surface area (TPSA) is 26.3 Å². The highest BCUT2D eigenvalue weighted by atomic mass is 19.1. The number of halogens is 1. The van der Waals surface area contributed by atoms with Gasteiger partial charge in [0.2, 0.25) is 0 Å². The Morgan fingerprint density at radius 3 is 2.22 bits per heavy atom. The molecule has 4 unspecified atom stereocenters. The average molecular weight is 495 g/mol. The van der Waals surface area contributed by atoms with Gasteiger partial charge >= 0.3 is 5.97 Å². The maximum absolute atomic E-state index is 14.4. The van der Waals surface area contributed by atoms with Gasteiger partial charge in [-0.3, -0.25) is 4.79 Å². The third kappa shape index (κ3) is 7.33. The predicted molar refractivity (Wildman–Crippen MR) is 146 cm³/mol. The number of hydrogen-bond acceptors (Lipinski definition) is 2. The highest BCUT2D eigenvalue weighted by Gasteiger charge is 2.39. The minimum atomic E-state index is -0.282. The fourth-order valence-electron chi connectivity index (χ4n) is 7.44. The summed E-state index contributed by atoms with van der Waals surface area (Å²) in [6.07, 6.45) is 25.3. The van der Waals surface area contributed by atoms with E-state index in [2.05, 4.69) is 19.1 Å². The van der Waals surface area contributed by atoms with E-state index in [-0.39, 0.29) is 17.7 Å². The average Bonchev–Trinajstić information content (AvgIpc) is 2.90. The number of hydrogen-bond donors (Lipinski definition) is 0. The zero-order valence-electron chi connectivity index (χ0n) is 22.6. The monoisotopic (exact) mass is 494 g/mol. The van der Waals surface area contributed by atoms with Gasteiger partial charge in [-0.15, -0.1) is 0 Å². The number of allylic oxidation sites excluding steroid dienone is 4. The largest absolute Gasteiger partial charge is 0.426 e. The zero-order valence-corrected chi connectivity index (χ0v) is 22.6. The molecule has 1 aromatic carbocycles. The van der Waals surface area contributed by atoms with E-state index < -0.39 is 0 Å². The van der Waals surface area contributed by atoms with Crippen molar-refractivity contribution in [3.8, 4) is 5.75 Å². The summed E-state index contributed by atoms with van der Waals surface area (Å²) < 4.78 is 20.0. The van der Waals surface area contributed by atoms with Gasteiger partial charge in [-0.05, 0) is 139 Å². The second-order valence-corrected chi connectivity index (χ2v) is 11.8. The first-order chi connectivity index (χ1) is 17.6. The van der Waals surface area contributed by atoms with Crippen LogP contribution >= 0.6 is 0 Å². The highest BCUT2D eigenvalue weighted by Crippen LogP contribution is 2.49. The molecule has 0 aliphatic heterocycles. The quantitative estimate of drug-likeness (QED) is 0.194. The molecule has 36 heavy (non-hydrogen) atoms. The van der Waals surface area contributed by atoms with Crippen molar-refractivity contribution in [3.63, 3.8) is 0 Å². The standard InChI is InChI=1S/C33H47FO2/c1-3-5-7-9-24-11-12-30-22-29(18-17-28(30)21-24)25-13-15-27(16-14-25)33(35)36-31-20-19-26(32(34)23-31)10-8-6-4-2/h3-6,19-20,23-25,27-30H,7-18,21-22H2,1-2H3/b5-3+,6-4+. The molecule has 3 fully saturated rings. The predicted octanol–water partition coefficient (Wildman–Crippen LogP) is 9.24. The lowest BCUT2D eigenvalue weighted by molar-refractivity contribution is -0.140. The molecule has 0 bridgehead atoms. The second-order valence-electron chi connectivity index (χ2n) is 11.8. The molecule has 198 valence electrons. The summed E-state index contributed by atoms with van der Waals surface area (Å²) in [7, 11) is 0. The minimum absolute atomic E-state index is 0.0392. The minimum Gasteiger partial charge on any atom is -0.426 e. The van der Waals surface area contributed by atoms with Crippen molar-refractivity contribution >= 4 is 5.97 Å². The number of ether oxygens (including phenoxy) is 1. The van der Waals surface area contributed by atoms with Gasteiger partial charge in [0.05, 0.1) is 5.92 Å². The molecule has 0 saturated heterocycles. The van der Waals surface area contributed by atoms with Crippen LogP contribution in [0.3, 0.4) is 0 Å². The molecule has 0 radical (unpaired) electrons. The van der Waals surface area contributed by atoms with Gasteiger partial charge in [-0.2, -0.15) is 0 Å². The summed E-state index contributed by atoms with van der Waals surface area (Å²) in [6.45, 7) is 4.09. The van der Waals surface area contributed by atoms with Crippen molar-refractivity contribution in [1.82, 2.24) is 0 Å². The van der Waals surface area contributed by atoms with Crippen molar-refractivity contribution in [2.75, 3.05) is 0 Å². The second kappa shape index (κ2) is 13.6. The lowest BCUT2D eigenvalue weighted by atomic mass is 9.60. The van der Waals surface area contributed by atoms with Gasteiger partial charge in [-0.25, -0.2) is 4.39 Å². The molecule has 0 amide bonds. The Morgan fingerprint density at radius 2 is 1.50 bits per heavy atom. The molecule has 0 aromatic heterocycles. The number of carbonyl (C=O) groups is 1. The summed E-state index contributed by atoms with van der Waals surface area (Å²) in [5.41, 5.74) is 0.672. The van der Waals surface area contributed by atoms with E-state index in [4.69, 9.17) is 4.74 Å². The van der Waals surface area contributed by atoms with E-state index >= 15 is 0 Å². The smallest absolute Gasteiger partial charge is 0.314 e. The van der Waals surface area contributed by atoms with E-state index in [1.165, 1.54) is 57.4 Å². The Morgan fingerprint density at radius 1 is 0.861 bits per heavy atom. The molecule has 3 heteroatoms. The van der Waals surface area contributed by atoms with Crippen LogP contribution in [0.2, 0.25) is 0 Å². The molecule has 4 rings (SSSR count). The van der Waals surface area contributed by atoms with Crippen LogP contribution in [-0.4, -0.2) is 5.97 Å². The molecular weight excluding hydrogens is 447 g/mol. The van der Waals surface area contributed by atoms with Gasteiger partial charge < -0.3 is 4.74 Å². The van der Waals surface area contributed by atoms with Gasteiger partial charge in [0, 0.05) is 6.07 Å². The van der Waals surface area contributed by atoms with Crippen LogP contribution in [0.25, 0.3) is 0 Å². The first-order valence-corrected chi connectivity index (χ1v) is 14.8. The molecule has 3 saturated carbocycles. The van der Waals surface area contributed by atoms with Crippen LogP contribution < -0.4 is 4.74 Å². The first-order valence-electron chi connectivity index (χ1n) is 14.8. The molecule has 0 N–H and O–H groups in total. The Bertz CT molecular complexity index is 895. The van der Waals surface area contributed by atoms with E-state index in [0.29, 0.717) is 17.7 Å². The van der Waals surface area contributed by atoms with Gasteiger partial charge in [0.15, 0.2) is 0 Å². The Labute approximate surface area is 218 Å². The number of aryl methyl sites for hydroxylation is 1. The molecule has 3 aliphatic carbocycles. The molecule has 2 nitrogen and oxygen atoms in total. The Kier molecular flexibility index (Phi) is 10.2. The third-order valence-electron chi connectivity index (χ3n) is 9.57. The normalized spacial score (nSPS) is 31.0. The van der Waals surface area contributed by atoms with Crippen LogP contribution in [-0.2, 0) is 11.2 Å². The lowest BCUT2D eigenvalue weighted by Crippen LogP contribution is -2.35. The summed E-state index contributed by atoms with van der Waals surface area (Å²) in [5, 5.41) is 0. The van der Waals surface area contributed by atoms with E-state index in [0.717, 1.165) is 61.7 Å². The van der Waals surface area contributed by atoms with Crippen LogP contribution in [0.5, 0.6) is 5.75 Å². The number of carbonyl (C=O) groups excluding carboxylic acids is 1. The number of rotatable bonds is 9. The molecule has 0 heterocycles. The zero-order chi connectivity index (χ0) is 25.3. The Balaban J connectivity index is 1.20. The maximum atomic E-state index is 14.4. The van der Waals surface area contributed by atoms with Crippen molar-refractivity contribution in [2.45, 2.75) is 104 Å². The van der Waals surface area contributed by atoms with Gasteiger partial charge in [0.1, 0.15) is 11.6 Å². The lowest BCUT2D eigenvalue weighted by Gasteiger charge is -2.45. The fraction of sp³-hybridized carbons (Fsp3) is 0.667. The SMILES string of the molecule is C/C=C/CCc1ccc(OC(=O)C2CCC(C3CCC4CC(CC/C=C/C)CCC4C3)CC2)cc1F. The molecular formula is C33H47FO2. The first kappa shape index (κ1) is 27.1. The summed E-state index contributed by atoms with van der Waals surface area (Å²) in [6, 6.07) is 4.87. The van der Waals surface area contributed by atoms with Gasteiger partial charge in [0.25, 0.3) is 0 Å². The van der Waals surface area contributed by atoms with Crippen LogP contribution in [0.1, 0.15) is 103 Å².